The zero-order valence-electron chi connectivity index (χ0n) is 20.9. The van der Waals surface area contributed by atoms with Crippen LogP contribution in [0, 0.1) is 5.92 Å². The quantitative estimate of drug-likeness (QED) is 0.462. The van der Waals surface area contributed by atoms with Crippen LogP contribution in [-0.2, 0) is 23.9 Å². The second-order valence-electron chi connectivity index (χ2n) is 8.61. The molecule has 0 amide bonds. The largest absolute Gasteiger partial charge is 0.496 e. The van der Waals surface area contributed by atoms with E-state index in [9.17, 15) is 14.4 Å². The van der Waals surface area contributed by atoms with Gasteiger partial charge in [-0.15, -0.1) is 0 Å². The molecule has 2 heterocycles. The summed E-state index contributed by atoms with van der Waals surface area (Å²) in [5, 5.41) is 3.28. The van der Waals surface area contributed by atoms with Crippen LogP contribution in [0.25, 0.3) is 0 Å². The molecule has 1 aliphatic heterocycles. The number of aromatic nitrogens is 1. The van der Waals surface area contributed by atoms with E-state index in [1.807, 2.05) is 18.2 Å². The molecule has 0 saturated heterocycles. The summed E-state index contributed by atoms with van der Waals surface area (Å²) in [6, 6.07) is 12.7. The van der Waals surface area contributed by atoms with Gasteiger partial charge in [-0.25, -0.2) is 4.79 Å². The summed E-state index contributed by atoms with van der Waals surface area (Å²) in [6.07, 6.45) is 1.96. The molecule has 4 rings (SSSR count). The summed E-state index contributed by atoms with van der Waals surface area (Å²) < 4.78 is 16.3. The third-order valence-electron chi connectivity index (χ3n) is 6.58. The number of carbonyl (C=O) groups excluding carboxylic acids is 3. The van der Waals surface area contributed by atoms with Crippen molar-refractivity contribution in [3.63, 3.8) is 0 Å². The number of Topliss-reactive ketones (excluding diaryl/α,β-unsaturated/α-hetero) is 1. The fourth-order valence-corrected chi connectivity index (χ4v) is 5.12. The summed E-state index contributed by atoms with van der Waals surface area (Å²) in [4.78, 5) is 45.0. The Hall–Kier alpha value is -3.94. The fourth-order valence-electron chi connectivity index (χ4n) is 5.12. The summed E-state index contributed by atoms with van der Waals surface area (Å²) in [5.41, 5.74) is 3.15. The molecule has 1 N–H and O–H groups in total. The van der Waals surface area contributed by atoms with Gasteiger partial charge in [-0.05, 0) is 51.0 Å². The van der Waals surface area contributed by atoms with Crippen molar-refractivity contribution in [3.8, 4) is 5.75 Å². The SMILES string of the molecule is CCOC(=O)C1=C(C)NC2=C(C(=O)C(C(=O)OCC)C(c3ccccc3OC)C2)C1c1ccccn1. The van der Waals surface area contributed by atoms with Crippen LogP contribution < -0.4 is 10.1 Å². The molecule has 0 saturated carbocycles. The average molecular weight is 491 g/mol. The first kappa shape index (κ1) is 25.2. The van der Waals surface area contributed by atoms with Gasteiger partial charge in [0.1, 0.15) is 11.7 Å². The number of hydrogen-bond donors (Lipinski definition) is 1. The minimum atomic E-state index is -1.10. The Balaban J connectivity index is 1.91. The summed E-state index contributed by atoms with van der Waals surface area (Å²) in [7, 11) is 1.56. The predicted molar refractivity (Wildman–Crippen MR) is 132 cm³/mol. The number of hydrogen-bond acceptors (Lipinski definition) is 8. The van der Waals surface area contributed by atoms with Crippen LogP contribution in [0.1, 0.15) is 50.3 Å². The molecule has 1 aliphatic carbocycles. The van der Waals surface area contributed by atoms with Gasteiger partial charge in [0.25, 0.3) is 0 Å². The van der Waals surface area contributed by atoms with Crippen molar-refractivity contribution in [3.05, 3.63) is 82.5 Å². The second kappa shape index (κ2) is 10.8. The Kier molecular flexibility index (Phi) is 7.52. The van der Waals surface area contributed by atoms with Crippen molar-refractivity contribution in [1.82, 2.24) is 10.3 Å². The van der Waals surface area contributed by atoms with Crippen LogP contribution in [0.15, 0.2) is 71.2 Å². The van der Waals surface area contributed by atoms with E-state index in [2.05, 4.69) is 10.3 Å². The van der Waals surface area contributed by atoms with Gasteiger partial charge >= 0.3 is 11.9 Å². The van der Waals surface area contributed by atoms with Gasteiger partial charge in [0, 0.05) is 29.1 Å². The lowest BCUT2D eigenvalue weighted by Gasteiger charge is -2.39. The van der Waals surface area contributed by atoms with E-state index in [0.29, 0.717) is 40.4 Å². The fraction of sp³-hybridized carbons (Fsp3) is 0.357. The zero-order chi connectivity index (χ0) is 25.8. The van der Waals surface area contributed by atoms with E-state index in [4.69, 9.17) is 14.2 Å². The highest BCUT2D eigenvalue weighted by Crippen LogP contribution is 2.49. The molecule has 2 aromatic rings. The number of methoxy groups -OCH3 is 1. The van der Waals surface area contributed by atoms with Crippen LogP contribution in [0.3, 0.4) is 0 Å². The minimum Gasteiger partial charge on any atom is -0.496 e. The van der Waals surface area contributed by atoms with E-state index in [1.165, 1.54) is 0 Å². The molecule has 0 bridgehead atoms. The van der Waals surface area contributed by atoms with E-state index >= 15 is 0 Å². The molecule has 1 aromatic carbocycles. The average Bonchev–Trinajstić information content (AvgIpc) is 2.88. The van der Waals surface area contributed by atoms with Gasteiger partial charge in [0.2, 0.25) is 0 Å². The first-order valence-corrected chi connectivity index (χ1v) is 12.0. The van der Waals surface area contributed by atoms with Crippen LogP contribution in [0.2, 0.25) is 0 Å². The van der Waals surface area contributed by atoms with Crippen LogP contribution in [0.4, 0.5) is 0 Å². The Labute approximate surface area is 210 Å². The van der Waals surface area contributed by atoms with Crippen molar-refractivity contribution in [2.24, 2.45) is 5.92 Å². The topological polar surface area (TPSA) is 104 Å². The van der Waals surface area contributed by atoms with Gasteiger partial charge in [-0.2, -0.15) is 0 Å². The Morgan fingerprint density at radius 1 is 1.06 bits per heavy atom. The van der Waals surface area contributed by atoms with Crippen LogP contribution in [0.5, 0.6) is 5.75 Å². The monoisotopic (exact) mass is 490 g/mol. The van der Waals surface area contributed by atoms with Gasteiger partial charge < -0.3 is 19.5 Å². The summed E-state index contributed by atoms with van der Waals surface area (Å²) >= 11 is 0. The summed E-state index contributed by atoms with van der Waals surface area (Å²) in [6.45, 7) is 5.54. The first-order valence-electron chi connectivity index (χ1n) is 12.0. The third kappa shape index (κ3) is 4.51. The normalized spacial score (nSPS) is 21.4. The zero-order valence-corrected chi connectivity index (χ0v) is 20.9. The lowest BCUT2D eigenvalue weighted by molar-refractivity contribution is -0.152. The van der Waals surface area contributed by atoms with E-state index in [1.54, 1.807) is 58.3 Å². The number of ketones is 1. The Bertz CT molecular complexity index is 1230. The minimum absolute atomic E-state index is 0.141. The van der Waals surface area contributed by atoms with E-state index in [0.717, 1.165) is 5.56 Å². The van der Waals surface area contributed by atoms with Gasteiger partial charge in [-0.3, -0.25) is 14.6 Å². The maximum Gasteiger partial charge on any atom is 0.336 e. The van der Waals surface area contributed by atoms with E-state index in [-0.39, 0.29) is 13.2 Å². The third-order valence-corrected chi connectivity index (χ3v) is 6.58. The number of allylic oxidation sites excluding steroid dienone is 3. The number of dihydropyridines is 1. The van der Waals surface area contributed by atoms with Crippen LogP contribution >= 0.6 is 0 Å². The van der Waals surface area contributed by atoms with Gasteiger partial charge in [0.15, 0.2) is 5.78 Å². The molecule has 36 heavy (non-hydrogen) atoms. The number of benzene rings is 1. The number of esters is 2. The van der Waals surface area contributed by atoms with E-state index < -0.39 is 35.5 Å². The smallest absolute Gasteiger partial charge is 0.336 e. The highest BCUT2D eigenvalue weighted by molar-refractivity contribution is 6.13. The lowest BCUT2D eigenvalue weighted by Crippen LogP contribution is -2.43. The number of rotatable bonds is 7. The maximum absolute atomic E-state index is 14.2. The molecular formula is C28H30N2O6. The number of nitrogens with one attached hydrogen (secondary N) is 1. The van der Waals surface area contributed by atoms with Crippen molar-refractivity contribution >= 4 is 17.7 Å². The molecule has 8 heteroatoms. The maximum atomic E-state index is 14.2. The highest BCUT2D eigenvalue weighted by atomic mass is 16.5. The predicted octanol–water partition coefficient (Wildman–Crippen LogP) is 3.80. The van der Waals surface area contributed by atoms with Crippen LogP contribution in [-0.4, -0.2) is 43.0 Å². The second-order valence-corrected chi connectivity index (χ2v) is 8.61. The number of pyridine rings is 1. The van der Waals surface area contributed by atoms with Crippen molar-refractivity contribution < 1.29 is 28.6 Å². The molecule has 0 radical (unpaired) electrons. The molecule has 0 fully saturated rings. The standard InChI is InChI=1S/C28H30N2O6/c1-5-35-27(32)22-16(3)30-20-15-18(17-11-7-8-13-21(17)34-4)23(28(33)36-6-2)26(31)25(20)24(22)19-12-9-10-14-29-19/h7-14,18,23-24,30H,5-6,15H2,1-4H3. The first-order chi connectivity index (χ1) is 17.4. The van der Waals surface area contributed by atoms with Gasteiger partial charge in [0.05, 0.1) is 37.5 Å². The molecule has 2 aliphatic rings. The molecule has 8 nitrogen and oxygen atoms in total. The number of para-hydroxylation sites is 1. The molecule has 188 valence electrons. The molecule has 3 atom stereocenters. The number of ether oxygens (including phenoxy) is 3. The number of nitrogens with zero attached hydrogens (tertiary/aromatic N) is 1. The lowest BCUT2D eigenvalue weighted by atomic mass is 9.67. The van der Waals surface area contributed by atoms with Gasteiger partial charge in [-0.1, -0.05) is 24.3 Å². The Morgan fingerprint density at radius 3 is 2.44 bits per heavy atom. The Morgan fingerprint density at radius 2 is 1.78 bits per heavy atom. The van der Waals surface area contributed by atoms with Crippen molar-refractivity contribution in [2.45, 2.75) is 39.0 Å². The molecule has 0 spiro atoms. The number of carbonyl (C=O) groups is 3. The van der Waals surface area contributed by atoms with Crippen molar-refractivity contribution in [2.75, 3.05) is 20.3 Å². The molecular weight excluding hydrogens is 460 g/mol. The highest BCUT2D eigenvalue weighted by Gasteiger charge is 2.49. The molecule has 1 aromatic heterocycles. The molecule has 3 unspecified atom stereocenters. The summed E-state index contributed by atoms with van der Waals surface area (Å²) in [5.74, 6) is -3.33. The van der Waals surface area contributed by atoms with Crippen molar-refractivity contribution in [1.29, 1.82) is 0 Å².